The summed E-state index contributed by atoms with van der Waals surface area (Å²) in [5.41, 5.74) is 5.33. The van der Waals surface area contributed by atoms with Crippen molar-refractivity contribution in [3.63, 3.8) is 0 Å². The summed E-state index contributed by atoms with van der Waals surface area (Å²) in [5.74, 6) is 0.241. The maximum Gasteiger partial charge on any atom is 0.252 e. The molecule has 0 saturated carbocycles. The minimum Gasteiger partial charge on any atom is -0.361 e. The molecule has 4 aromatic rings. The van der Waals surface area contributed by atoms with E-state index < -0.39 is 0 Å². The van der Waals surface area contributed by atoms with Gasteiger partial charge in [0.25, 0.3) is 5.91 Å². The largest absolute Gasteiger partial charge is 0.361 e. The number of hydrogen-bond acceptors (Lipinski definition) is 2. The maximum absolute atomic E-state index is 13.2. The van der Waals surface area contributed by atoms with Crippen molar-refractivity contribution in [1.82, 2.24) is 15.2 Å². The summed E-state index contributed by atoms with van der Waals surface area (Å²) in [4.78, 5) is 18.5. The van der Waals surface area contributed by atoms with Gasteiger partial charge in [0.2, 0.25) is 0 Å². The Morgan fingerprint density at radius 1 is 0.970 bits per heavy atom. The smallest absolute Gasteiger partial charge is 0.252 e. The fraction of sp³-hybridized carbons (Fsp3) is 0.250. The zero-order valence-electron chi connectivity index (χ0n) is 18.6. The number of H-pyrrole nitrogens is 1. The van der Waals surface area contributed by atoms with Crippen molar-refractivity contribution in [3.05, 3.63) is 107 Å². The van der Waals surface area contributed by atoms with Crippen molar-refractivity contribution >= 4 is 16.8 Å². The number of carbonyl (C=O) groups is 1. The van der Waals surface area contributed by atoms with Gasteiger partial charge in [-0.2, -0.15) is 0 Å². The fourth-order valence-electron chi connectivity index (χ4n) is 4.90. The Kier molecular flexibility index (Phi) is 6.22. The van der Waals surface area contributed by atoms with Gasteiger partial charge in [-0.05, 0) is 78.9 Å². The van der Waals surface area contributed by atoms with Gasteiger partial charge < -0.3 is 10.3 Å². The maximum atomic E-state index is 13.2. The van der Waals surface area contributed by atoms with Gasteiger partial charge in [-0.15, -0.1) is 0 Å². The van der Waals surface area contributed by atoms with Crippen LogP contribution in [0.4, 0.5) is 4.39 Å². The lowest BCUT2D eigenvalue weighted by Crippen LogP contribution is -2.33. The Bertz CT molecular complexity index is 1240. The number of amides is 1. The molecule has 0 spiro atoms. The van der Waals surface area contributed by atoms with Gasteiger partial charge in [-0.1, -0.05) is 42.5 Å². The predicted molar refractivity (Wildman–Crippen MR) is 130 cm³/mol. The third kappa shape index (κ3) is 4.83. The van der Waals surface area contributed by atoms with E-state index >= 15 is 0 Å². The molecule has 1 aliphatic heterocycles. The lowest BCUT2D eigenvalue weighted by atomic mass is 9.86. The molecule has 0 unspecified atom stereocenters. The number of nitrogens with zero attached hydrogens (tertiary/aromatic N) is 1. The first kappa shape index (κ1) is 21.4. The Balaban J connectivity index is 1.22. The van der Waals surface area contributed by atoms with Crippen LogP contribution in [0.3, 0.4) is 0 Å². The summed E-state index contributed by atoms with van der Waals surface area (Å²) in [7, 11) is 0. The van der Waals surface area contributed by atoms with Crippen molar-refractivity contribution < 1.29 is 9.18 Å². The second-order valence-corrected chi connectivity index (χ2v) is 8.80. The fourth-order valence-corrected chi connectivity index (χ4v) is 4.90. The van der Waals surface area contributed by atoms with Gasteiger partial charge >= 0.3 is 0 Å². The average molecular weight is 442 g/mol. The monoisotopic (exact) mass is 441 g/mol. The molecular formula is C28H28FN3O. The van der Waals surface area contributed by atoms with Crippen molar-refractivity contribution in [2.45, 2.75) is 31.8 Å². The summed E-state index contributed by atoms with van der Waals surface area (Å²) in [6, 6.07) is 22.9. The standard InChI is InChI=1S/C28H28FN3O/c29-23-10-8-20(9-11-23)19-32-16-13-21(14-17-32)24-5-2-1-4-22(24)18-31-28(33)26-6-3-7-27-25(26)12-15-30-27/h1-12,15,21,30H,13-14,16-19H2,(H,31,33). The quantitative estimate of drug-likeness (QED) is 0.408. The molecule has 1 saturated heterocycles. The highest BCUT2D eigenvalue weighted by Gasteiger charge is 2.22. The van der Waals surface area contributed by atoms with Crippen molar-refractivity contribution in [3.8, 4) is 0 Å². The van der Waals surface area contributed by atoms with Crippen LogP contribution in [-0.4, -0.2) is 28.9 Å². The predicted octanol–water partition coefficient (Wildman–Crippen LogP) is 5.62. The number of benzene rings is 3. The third-order valence-electron chi connectivity index (χ3n) is 6.68. The zero-order valence-corrected chi connectivity index (χ0v) is 18.6. The van der Waals surface area contributed by atoms with Crippen LogP contribution in [0.25, 0.3) is 10.9 Å². The zero-order chi connectivity index (χ0) is 22.6. The van der Waals surface area contributed by atoms with Crippen LogP contribution in [0, 0.1) is 5.82 Å². The van der Waals surface area contributed by atoms with E-state index in [2.05, 4.69) is 33.4 Å². The second-order valence-electron chi connectivity index (χ2n) is 8.80. The van der Waals surface area contributed by atoms with E-state index in [9.17, 15) is 9.18 Å². The van der Waals surface area contributed by atoms with Crippen molar-refractivity contribution in [2.24, 2.45) is 0 Å². The lowest BCUT2D eigenvalue weighted by Gasteiger charge is -2.33. The van der Waals surface area contributed by atoms with Gasteiger partial charge in [0, 0.05) is 35.8 Å². The van der Waals surface area contributed by atoms with Gasteiger partial charge in [0.15, 0.2) is 0 Å². The minimum atomic E-state index is -0.189. The van der Waals surface area contributed by atoms with E-state index in [0.717, 1.165) is 48.9 Å². The highest BCUT2D eigenvalue weighted by molar-refractivity contribution is 6.06. The van der Waals surface area contributed by atoms with Crippen LogP contribution in [0.2, 0.25) is 0 Å². The van der Waals surface area contributed by atoms with E-state index in [1.54, 1.807) is 0 Å². The number of piperidine rings is 1. The Hall–Kier alpha value is -3.44. The Labute approximate surface area is 193 Å². The molecule has 4 nitrogen and oxygen atoms in total. The van der Waals surface area contributed by atoms with Gasteiger partial charge in [0.05, 0.1) is 0 Å². The number of carbonyl (C=O) groups excluding carboxylic acids is 1. The van der Waals surface area contributed by atoms with Crippen LogP contribution < -0.4 is 5.32 Å². The molecule has 1 fully saturated rings. The molecule has 5 rings (SSSR count). The number of nitrogens with one attached hydrogen (secondary N) is 2. The molecule has 2 heterocycles. The van der Waals surface area contributed by atoms with Crippen LogP contribution in [-0.2, 0) is 13.1 Å². The van der Waals surface area contributed by atoms with Crippen LogP contribution in [0.5, 0.6) is 0 Å². The number of rotatable bonds is 6. The van der Waals surface area contributed by atoms with E-state index in [1.807, 2.05) is 48.7 Å². The molecule has 3 aromatic carbocycles. The van der Waals surface area contributed by atoms with Gasteiger partial charge in [-0.25, -0.2) is 4.39 Å². The molecule has 1 amide bonds. The number of likely N-dealkylation sites (tertiary alicyclic amines) is 1. The number of halogens is 1. The topological polar surface area (TPSA) is 48.1 Å². The molecule has 0 aliphatic carbocycles. The highest BCUT2D eigenvalue weighted by Crippen LogP contribution is 2.31. The molecular weight excluding hydrogens is 413 g/mol. The van der Waals surface area contributed by atoms with Crippen LogP contribution >= 0.6 is 0 Å². The molecule has 5 heteroatoms. The van der Waals surface area contributed by atoms with E-state index in [1.165, 1.54) is 23.3 Å². The summed E-state index contributed by atoms with van der Waals surface area (Å²) in [5, 5.41) is 4.07. The van der Waals surface area contributed by atoms with Crippen LogP contribution in [0.1, 0.15) is 45.8 Å². The molecule has 1 aromatic heterocycles. The first-order valence-corrected chi connectivity index (χ1v) is 11.6. The SMILES string of the molecule is O=C(NCc1ccccc1C1CCN(Cc2ccc(F)cc2)CC1)c1cccc2[nH]ccc12. The van der Waals surface area contributed by atoms with Gasteiger partial charge in [-0.3, -0.25) is 9.69 Å². The minimum absolute atomic E-state index is 0.0517. The molecule has 2 N–H and O–H groups in total. The number of fused-ring (bicyclic) bond motifs is 1. The average Bonchev–Trinajstić information content (AvgIpc) is 3.34. The summed E-state index contributed by atoms with van der Waals surface area (Å²) >= 11 is 0. The molecule has 168 valence electrons. The number of aromatic nitrogens is 1. The summed E-state index contributed by atoms with van der Waals surface area (Å²) in [6.07, 6.45) is 4.02. The van der Waals surface area contributed by atoms with Crippen LogP contribution in [0.15, 0.2) is 79.0 Å². The van der Waals surface area contributed by atoms with E-state index in [-0.39, 0.29) is 11.7 Å². The van der Waals surface area contributed by atoms with Crippen molar-refractivity contribution in [1.29, 1.82) is 0 Å². The number of hydrogen-bond donors (Lipinski definition) is 2. The van der Waals surface area contributed by atoms with Crippen molar-refractivity contribution in [2.75, 3.05) is 13.1 Å². The lowest BCUT2D eigenvalue weighted by molar-refractivity contribution is 0.0952. The van der Waals surface area contributed by atoms with E-state index in [4.69, 9.17) is 0 Å². The third-order valence-corrected chi connectivity index (χ3v) is 6.68. The Morgan fingerprint density at radius 2 is 1.76 bits per heavy atom. The first-order valence-electron chi connectivity index (χ1n) is 11.6. The molecule has 0 bridgehead atoms. The molecule has 0 atom stereocenters. The summed E-state index contributed by atoms with van der Waals surface area (Å²) < 4.78 is 13.2. The summed E-state index contributed by atoms with van der Waals surface area (Å²) in [6.45, 7) is 3.40. The van der Waals surface area contributed by atoms with E-state index in [0.29, 0.717) is 18.0 Å². The molecule has 33 heavy (non-hydrogen) atoms. The first-order chi connectivity index (χ1) is 16.2. The molecule has 0 radical (unpaired) electrons. The van der Waals surface area contributed by atoms with Gasteiger partial charge in [0.1, 0.15) is 5.82 Å². The second kappa shape index (κ2) is 9.59. The highest BCUT2D eigenvalue weighted by atomic mass is 19.1. The molecule has 1 aliphatic rings. The normalized spacial score (nSPS) is 15.1. The Morgan fingerprint density at radius 3 is 2.58 bits per heavy atom. The number of aromatic amines is 1.